The minimum Gasteiger partial charge on any atom is -0.286 e. The molecule has 8 heteroatoms. The fourth-order valence-corrected chi connectivity index (χ4v) is 3.14. The quantitative estimate of drug-likeness (QED) is 0.539. The highest BCUT2D eigenvalue weighted by molar-refractivity contribution is 5.79. The first-order chi connectivity index (χ1) is 13.3. The van der Waals surface area contributed by atoms with Gasteiger partial charge in [-0.3, -0.25) is 14.1 Å². The molecular formula is C20H15F3N4O. The van der Waals surface area contributed by atoms with Crippen LogP contribution in [0.15, 0.2) is 65.8 Å². The lowest BCUT2D eigenvalue weighted by atomic mass is 10.0. The maximum Gasteiger partial charge on any atom is 0.416 e. The molecule has 5 nitrogen and oxygen atoms in total. The molecule has 0 aliphatic rings. The molecule has 28 heavy (non-hydrogen) atoms. The molecular weight excluding hydrogens is 369 g/mol. The summed E-state index contributed by atoms with van der Waals surface area (Å²) in [5, 5.41) is 0. The number of fused-ring (bicyclic) bond motifs is 1. The standard InChI is InChI=1S/C20H15F3N4O/c1-26-18-17(27(19(26)28)12-13-4-3-7-24-10-13)9-15(11-25-18)14-5-2-6-16(8-14)20(21,22)23/h2-11H,12H2,1H3. The van der Waals surface area contributed by atoms with Crippen LogP contribution in [0.4, 0.5) is 13.2 Å². The van der Waals surface area contributed by atoms with E-state index >= 15 is 0 Å². The molecule has 4 aromatic rings. The lowest BCUT2D eigenvalue weighted by molar-refractivity contribution is -0.137. The molecule has 0 N–H and O–H groups in total. The van der Waals surface area contributed by atoms with Gasteiger partial charge in [0.2, 0.25) is 0 Å². The van der Waals surface area contributed by atoms with Crippen LogP contribution in [-0.2, 0) is 19.8 Å². The molecule has 0 aliphatic carbocycles. The first kappa shape index (κ1) is 18.0. The van der Waals surface area contributed by atoms with E-state index in [1.165, 1.54) is 21.4 Å². The molecule has 0 saturated heterocycles. The van der Waals surface area contributed by atoms with Crippen molar-refractivity contribution in [3.05, 3.63) is 82.7 Å². The average Bonchev–Trinajstić information content (AvgIpc) is 2.93. The van der Waals surface area contributed by atoms with E-state index in [9.17, 15) is 18.0 Å². The van der Waals surface area contributed by atoms with Crippen LogP contribution in [0.5, 0.6) is 0 Å². The second-order valence-electron chi connectivity index (χ2n) is 6.43. The van der Waals surface area contributed by atoms with Gasteiger partial charge in [0.15, 0.2) is 5.65 Å². The van der Waals surface area contributed by atoms with E-state index in [1.54, 1.807) is 37.6 Å². The number of nitrogens with zero attached hydrogens (tertiary/aromatic N) is 4. The van der Waals surface area contributed by atoms with Crippen molar-refractivity contribution in [1.29, 1.82) is 0 Å². The van der Waals surface area contributed by atoms with Crippen LogP contribution < -0.4 is 5.69 Å². The fraction of sp³-hybridized carbons (Fsp3) is 0.150. The molecule has 0 radical (unpaired) electrons. The van der Waals surface area contributed by atoms with E-state index in [0.717, 1.165) is 17.7 Å². The number of hydrogen-bond acceptors (Lipinski definition) is 3. The molecule has 142 valence electrons. The predicted octanol–water partition coefficient (Wildman–Crippen LogP) is 3.86. The highest BCUT2D eigenvalue weighted by Crippen LogP contribution is 2.32. The third kappa shape index (κ3) is 3.17. The molecule has 3 heterocycles. The van der Waals surface area contributed by atoms with Crippen molar-refractivity contribution < 1.29 is 13.2 Å². The number of pyridine rings is 2. The van der Waals surface area contributed by atoms with Gasteiger partial charge in [-0.2, -0.15) is 13.2 Å². The smallest absolute Gasteiger partial charge is 0.286 e. The molecule has 0 bridgehead atoms. The Bertz CT molecular complexity index is 1210. The zero-order valence-corrected chi connectivity index (χ0v) is 14.8. The van der Waals surface area contributed by atoms with E-state index in [-0.39, 0.29) is 12.2 Å². The molecule has 0 unspecified atom stereocenters. The van der Waals surface area contributed by atoms with Crippen LogP contribution in [-0.4, -0.2) is 19.1 Å². The zero-order chi connectivity index (χ0) is 19.9. The lowest BCUT2D eigenvalue weighted by Gasteiger charge is -2.09. The van der Waals surface area contributed by atoms with Gasteiger partial charge < -0.3 is 0 Å². The normalized spacial score (nSPS) is 11.9. The van der Waals surface area contributed by atoms with Gasteiger partial charge in [-0.1, -0.05) is 18.2 Å². The summed E-state index contributed by atoms with van der Waals surface area (Å²) >= 11 is 0. The number of rotatable bonds is 3. The SMILES string of the molecule is Cn1c(=O)n(Cc2cccnc2)c2cc(-c3cccc(C(F)(F)F)c3)cnc21. The Balaban J connectivity index is 1.85. The largest absolute Gasteiger partial charge is 0.416 e. The number of halogens is 3. The molecule has 0 aliphatic heterocycles. The predicted molar refractivity (Wildman–Crippen MR) is 98.8 cm³/mol. The van der Waals surface area contributed by atoms with E-state index in [1.807, 2.05) is 6.07 Å². The molecule has 0 saturated carbocycles. The van der Waals surface area contributed by atoms with Gasteiger partial charge in [0.1, 0.15) is 0 Å². The van der Waals surface area contributed by atoms with Crippen molar-refractivity contribution in [2.45, 2.75) is 12.7 Å². The fourth-order valence-electron chi connectivity index (χ4n) is 3.14. The van der Waals surface area contributed by atoms with E-state index in [2.05, 4.69) is 9.97 Å². The number of imidazole rings is 1. The van der Waals surface area contributed by atoms with Crippen LogP contribution in [0.1, 0.15) is 11.1 Å². The Labute approximate surface area is 157 Å². The summed E-state index contributed by atoms with van der Waals surface area (Å²) in [4.78, 5) is 21.0. The van der Waals surface area contributed by atoms with Crippen LogP contribution in [0, 0.1) is 0 Å². The van der Waals surface area contributed by atoms with E-state index < -0.39 is 11.7 Å². The molecule has 0 spiro atoms. The Kier molecular flexibility index (Phi) is 4.26. The molecule has 0 fully saturated rings. The summed E-state index contributed by atoms with van der Waals surface area (Å²) in [6, 6.07) is 10.4. The van der Waals surface area contributed by atoms with E-state index in [4.69, 9.17) is 0 Å². The maximum atomic E-state index is 13.0. The highest BCUT2D eigenvalue weighted by Gasteiger charge is 2.30. The van der Waals surface area contributed by atoms with E-state index in [0.29, 0.717) is 22.3 Å². The topological polar surface area (TPSA) is 52.7 Å². The summed E-state index contributed by atoms with van der Waals surface area (Å²) in [7, 11) is 1.61. The van der Waals surface area contributed by atoms with Gasteiger partial charge >= 0.3 is 11.9 Å². The first-order valence-corrected chi connectivity index (χ1v) is 8.46. The average molecular weight is 384 g/mol. The first-order valence-electron chi connectivity index (χ1n) is 8.46. The summed E-state index contributed by atoms with van der Waals surface area (Å²) in [6.07, 6.45) is 0.354. The van der Waals surface area contributed by atoms with Crippen LogP contribution >= 0.6 is 0 Å². The number of benzene rings is 1. The number of alkyl halides is 3. The van der Waals surface area contributed by atoms with Gasteiger partial charge in [0, 0.05) is 31.2 Å². The minimum absolute atomic E-state index is 0.257. The van der Waals surface area contributed by atoms with Crippen molar-refractivity contribution >= 4 is 11.2 Å². The van der Waals surface area contributed by atoms with Crippen molar-refractivity contribution in [3.8, 4) is 11.1 Å². The Morgan fingerprint density at radius 2 is 1.86 bits per heavy atom. The monoisotopic (exact) mass is 384 g/mol. The van der Waals surface area contributed by atoms with Gasteiger partial charge in [-0.15, -0.1) is 0 Å². The number of aromatic nitrogens is 4. The number of aryl methyl sites for hydroxylation is 1. The Morgan fingerprint density at radius 3 is 2.57 bits per heavy atom. The third-order valence-electron chi connectivity index (χ3n) is 4.56. The Hall–Kier alpha value is -3.42. The molecule has 1 aromatic carbocycles. The molecule has 4 rings (SSSR count). The van der Waals surface area contributed by atoms with Crippen LogP contribution in [0.2, 0.25) is 0 Å². The van der Waals surface area contributed by atoms with Crippen LogP contribution in [0.3, 0.4) is 0 Å². The van der Waals surface area contributed by atoms with Crippen molar-refractivity contribution in [2.24, 2.45) is 7.05 Å². The summed E-state index contributed by atoms with van der Waals surface area (Å²) in [5.41, 5.74) is 1.74. The molecule has 3 aromatic heterocycles. The highest BCUT2D eigenvalue weighted by atomic mass is 19.4. The lowest BCUT2D eigenvalue weighted by Crippen LogP contribution is -2.22. The summed E-state index contributed by atoms with van der Waals surface area (Å²) in [5.74, 6) is 0. The van der Waals surface area contributed by atoms with Gasteiger partial charge in [-0.25, -0.2) is 9.78 Å². The number of hydrogen-bond donors (Lipinski definition) is 0. The zero-order valence-electron chi connectivity index (χ0n) is 14.8. The van der Waals surface area contributed by atoms with Crippen LogP contribution in [0.25, 0.3) is 22.3 Å². The molecule has 0 atom stereocenters. The van der Waals surface area contributed by atoms with Gasteiger partial charge in [0.05, 0.1) is 17.6 Å². The van der Waals surface area contributed by atoms with Gasteiger partial charge in [0.25, 0.3) is 0 Å². The second kappa shape index (κ2) is 6.63. The minimum atomic E-state index is -4.43. The maximum absolute atomic E-state index is 13.0. The van der Waals surface area contributed by atoms with Crippen molar-refractivity contribution in [1.82, 2.24) is 19.1 Å². The summed E-state index contributed by atoms with van der Waals surface area (Å²) in [6.45, 7) is 0.289. The van der Waals surface area contributed by atoms with Crippen molar-refractivity contribution in [2.75, 3.05) is 0 Å². The third-order valence-corrected chi connectivity index (χ3v) is 4.56. The second-order valence-corrected chi connectivity index (χ2v) is 6.43. The van der Waals surface area contributed by atoms with Gasteiger partial charge in [-0.05, 0) is 35.4 Å². The Morgan fingerprint density at radius 1 is 1.04 bits per heavy atom. The molecule has 0 amide bonds. The summed E-state index contributed by atoms with van der Waals surface area (Å²) < 4.78 is 42.0. The van der Waals surface area contributed by atoms with Crippen molar-refractivity contribution in [3.63, 3.8) is 0 Å².